The zero-order valence-electron chi connectivity index (χ0n) is 14.4. The summed E-state index contributed by atoms with van der Waals surface area (Å²) in [5.74, 6) is 0.683. The summed E-state index contributed by atoms with van der Waals surface area (Å²) >= 11 is 0. The van der Waals surface area contributed by atoms with Gasteiger partial charge >= 0.3 is 6.18 Å². The number of rotatable bonds is 4. The van der Waals surface area contributed by atoms with Crippen LogP contribution in [0.4, 0.5) is 13.2 Å². The van der Waals surface area contributed by atoms with Crippen molar-refractivity contribution in [3.8, 4) is 5.75 Å². The molecule has 1 N–H and O–H groups in total. The third-order valence-electron chi connectivity index (χ3n) is 5.14. The van der Waals surface area contributed by atoms with Crippen LogP contribution in [0.25, 0.3) is 0 Å². The molecular weight excluding hydrogens is 333 g/mol. The van der Waals surface area contributed by atoms with Gasteiger partial charge in [0.25, 0.3) is 0 Å². The van der Waals surface area contributed by atoms with E-state index in [0.29, 0.717) is 24.9 Å². The number of nitrogens with zero attached hydrogens (tertiary/aromatic N) is 1. The molecule has 140 valence electrons. The van der Waals surface area contributed by atoms with Gasteiger partial charge in [-0.2, -0.15) is 13.2 Å². The van der Waals surface area contributed by atoms with Gasteiger partial charge in [0.1, 0.15) is 5.75 Å². The number of methoxy groups -OCH3 is 1. The van der Waals surface area contributed by atoms with Crippen molar-refractivity contribution in [1.82, 2.24) is 10.2 Å². The van der Waals surface area contributed by atoms with Gasteiger partial charge in [-0.25, -0.2) is 0 Å². The maximum Gasteiger partial charge on any atom is 0.416 e. The first-order chi connectivity index (χ1) is 12.0. The van der Waals surface area contributed by atoms with Crippen LogP contribution < -0.4 is 10.1 Å². The van der Waals surface area contributed by atoms with Crippen LogP contribution in [0.5, 0.6) is 5.75 Å². The van der Waals surface area contributed by atoms with E-state index in [1.165, 1.54) is 13.2 Å². The molecular formula is C18H25F3N2O2. The highest BCUT2D eigenvalue weighted by Gasteiger charge is 2.36. The van der Waals surface area contributed by atoms with Gasteiger partial charge < -0.3 is 14.8 Å². The summed E-state index contributed by atoms with van der Waals surface area (Å²) in [5.41, 5.74) is 0.184. The lowest BCUT2D eigenvalue weighted by molar-refractivity contribution is -0.137. The molecule has 3 rings (SSSR count). The van der Waals surface area contributed by atoms with E-state index in [-0.39, 0.29) is 6.04 Å². The van der Waals surface area contributed by atoms with Crippen LogP contribution in [0.1, 0.15) is 30.0 Å². The number of hydrogen-bond acceptors (Lipinski definition) is 4. The van der Waals surface area contributed by atoms with Crippen molar-refractivity contribution in [3.05, 3.63) is 29.3 Å². The lowest BCUT2D eigenvalue weighted by Gasteiger charge is -2.41. The average Bonchev–Trinajstić information content (AvgIpc) is 2.63. The summed E-state index contributed by atoms with van der Waals surface area (Å²) in [6.07, 6.45) is -2.54. The molecule has 4 nitrogen and oxygen atoms in total. The van der Waals surface area contributed by atoms with Crippen LogP contribution in [0, 0.1) is 5.92 Å². The minimum atomic E-state index is -4.37. The first-order valence-corrected chi connectivity index (χ1v) is 8.78. The second kappa shape index (κ2) is 7.93. The van der Waals surface area contributed by atoms with Crippen molar-refractivity contribution in [3.63, 3.8) is 0 Å². The van der Waals surface area contributed by atoms with Crippen LogP contribution in [0.3, 0.4) is 0 Å². The highest BCUT2D eigenvalue weighted by atomic mass is 19.4. The van der Waals surface area contributed by atoms with E-state index in [9.17, 15) is 13.2 Å². The third-order valence-corrected chi connectivity index (χ3v) is 5.14. The molecule has 1 aromatic rings. The molecule has 0 spiro atoms. The third kappa shape index (κ3) is 4.27. The molecule has 25 heavy (non-hydrogen) atoms. The Morgan fingerprint density at radius 2 is 1.88 bits per heavy atom. The number of piperazine rings is 1. The molecule has 0 bridgehead atoms. The molecule has 2 saturated heterocycles. The fourth-order valence-electron chi connectivity index (χ4n) is 3.87. The molecule has 0 unspecified atom stereocenters. The quantitative estimate of drug-likeness (QED) is 0.897. The van der Waals surface area contributed by atoms with Gasteiger partial charge in [0, 0.05) is 51.0 Å². The first-order valence-electron chi connectivity index (χ1n) is 8.78. The van der Waals surface area contributed by atoms with E-state index in [4.69, 9.17) is 9.47 Å². The van der Waals surface area contributed by atoms with E-state index in [1.54, 1.807) is 6.07 Å². The van der Waals surface area contributed by atoms with Crippen molar-refractivity contribution in [2.24, 2.45) is 5.92 Å². The van der Waals surface area contributed by atoms with Crippen molar-refractivity contribution >= 4 is 0 Å². The first kappa shape index (κ1) is 18.5. The van der Waals surface area contributed by atoms with Gasteiger partial charge in [-0.1, -0.05) is 6.07 Å². The Hall–Kier alpha value is -1.31. The standard InChI is InChI=1S/C18H25F3N2O2/c1-24-16-12-14(18(19,20)21)2-3-15(16)17(13-4-10-25-11-5-13)23-8-6-22-7-9-23/h2-3,12-13,17,22H,4-11H2,1H3/t17-/m0/s1. The second-order valence-corrected chi connectivity index (χ2v) is 6.64. The maximum atomic E-state index is 13.1. The van der Waals surface area contributed by atoms with Crippen molar-refractivity contribution < 1.29 is 22.6 Å². The van der Waals surface area contributed by atoms with Crippen LogP contribution in [-0.4, -0.2) is 51.4 Å². The zero-order chi connectivity index (χ0) is 17.9. The topological polar surface area (TPSA) is 33.7 Å². The van der Waals surface area contributed by atoms with Gasteiger partial charge in [-0.15, -0.1) is 0 Å². The normalized spacial score (nSPS) is 21.9. The number of nitrogens with one attached hydrogen (secondary N) is 1. The Labute approximate surface area is 146 Å². The number of benzene rings is 1. The van der Waals surface area contributed by atoms with Crippen molar-refractivity contribution in [2.45, 2.75) is 25.1 Å². The monoisotopic (exact) mass is 358 g/mol. The molecule has 7 heteroatoms. The largest absolute Gasteiger partial charge is 0.496 e. The Balaban J connectivity index is 1.96. The molecule has 0 saturated carbocycles. The van der Waals surface area contributed by atoms with E-state index in [1.807, 2.05) is 0 Å². The summed E-state index contributed by atoms with van der Waals surface area (Å²) < 4.78 is 50.0. The highest BCUT2D eigenvalue weighted by Crippen LogP contribution is 2.41. The van der Waals surface area contributed by atoms with Crippen LogP contribution in [0.15, 0.2) is 18.2 Å². The lowest BCUT2D eigenvalue weighted by atomic mass is 9.84. The molecule has 1 atom stereocenters. The molecule has 0 aliphatic carbocycles. The zero-order valence-corrected chi connectivity index (χ0v) is 14.4. The van der Waals surface area contributed by atoms with E-state index < -0.39 is 11.7 Å². The molecule has 2 fully saturated rings. The van der Waals surface area contributed by atoms with Gasteiger partial charge in [-0.05, 0) is 30.9 Å². The molecule has 0 aromatic heterocycles. The maximum absolute atomic E-state index is 13.1. The summed E-state index contributed by atoms with van der Waals surface area (Å²) in [6, 6.07) is 3.96. The summed E-state index contributed by atoms with van der Waals surface area (Å²) in [5, 5.41) is 3.34. The Bertz CT molecular complexity index is 550. The van der Waals surface area contributed by atoms with E-state index in [2.05, 4.69) is 10.2 Å². The SMILES string of the molecule is COc1cc(C(F)(F)F)ccc1[C@H](C1CCOCC1)N1CCNCC1. The van der Waals surface area contributed by atoms with Crippen LogP contribution in [0.2, 0.25) is 0 Å². The van der Waals surface area contributed by atoms with Gasteiger partial charge in [0.05, 0.1) is 12.7 Å². The van der Waals surface area contributed by atoms with Crippen molar-refractivity contribution in [1.29, 1.82) is 0 Å². The predicted molar refractivity (Wildman–Crippen MR) is 88.7 cm³/mol. The molecule has 2 heterocycles. The molecule has 2 aliphatic heterocycles. The van der Waals surface area contributed by atoms with Gasteiger partial charge in [-0.3, -0.25) is 4.90 Å². The second-order valence-electron chi connectivity index (χ2n) is 6.64. The Morgan fingerprint density at radius 1 is 1.20 bits per heavy atom. The number of ether oxygens (including phenoxy) is 2. The summed E-state index contributed by atoms with van der Waals surface area (Å²) in [6.45, 7) is 4.95. The Kier molecular flexibility index (Phi) is 5.86. The highest BCUT2D eigenvalue weighted by molar-refractivity contribution is 5.41. The smallest absolute Gasteiger partial charge is 0.416 e. The minimum absolute atomic E-state index is 0.0585. The Morgan fingerprint density at radius 3 is 2.48 bits per heavy atom. The van der Waals surface area contributed by atoms with Crippen molar-refractivity contribution in [2.75, 3.05) is 46.5 Å². The molecule has 0 amide bonds. The lowest BCUT2D eigenvalue weighted by Crippen LogP contribution is -2.47. The number of alkyl halides is 3. The van der Waals surface area contributed by atoms with Crippen LogP contribution in [-0.2, 0) is 10.9 Å². The van der Waals surface area contributed by atoms with Gasteiger partial charge in [0.15, 0.2) is 0 Å². The van der Waals surface area contributed by atoms with E-state index >= 15 is 0 Å². The van der Waals surface area contributed by atoms with Crippen LogP contribution >= 0.6 is 0 Å². The minimum Gasteiger partial charge on any atom is -0.496 e. The fourth-order valence-corrected chi connectivity index (χ4v) is 3.87. The summed E-state index contributed by atoms with van der Waals surface area (Å²) in [7, 11) is 1.44. The number of hydrogen-bond donors (Lipinski definition) is 1. The summed E-state index contributed by atoms with van der Waals surface area (Å²) in [4.78, 5) is 2.37. The molecule has 0 radical (unpaired) electrons. The van der Waals surface area contributed by atoms with Gasteiger partial charge in [0.2, 0.25) is 0 Å². The predicted octanol–water partition coefficient (Wildman–Crippen LogP) is 3.09. The molecule has 1 aromatic carbocycles. The molecule has 2 aliphatic rings. The average molecular weight is 358 g/mol. The van der Waals surface area contributed by atoms with E-state index in [0.717, 1.165) is 50.7 Å². The number of halogens is 3. The fraction of sp³-hybridized carbons (Fsp3) is 0.667.